The van der Waals surface area contributed by atoms with Crippen LogP contribution in [0.1, 0.15) is 72.1 Å². The van der Waals surface area contributed by atoms with E-state index in [2.05, 4.69) is 20.9 Å². The van der Waals surface area contributed by atoms with Gasteiger partial charge in [-0.25, -0.2) is 4.98 Å². The van der Waals surface area contributed by atoms with E-state index in [1.165, 1.54) is 6.20 Å². The Morgan fingerprint density at radius 3 is 2.64 bits per heavy atom. The number of pyridine rings is 2. The Labute approximate surface area is 193 Å². The quantitative estimate of drug-likeness (QED) is 0.620. The molecule has 0 unspecified atom stereocenters. The maximum atomic E-state index is 13.8. The molecule has 6 rings (SSSR count). The van der Waals surface area contributed by atoms with Crippen LogP contribution < -0.4 is 21.5 Å². The van der Waals surface area contributed by atoms with E-state index in [4.69, 9.17) is 15.7 Å². The Morgan fingerprint density at radius 2 is 1.94 bits per heavy atom. The third-order valence-corrected chi connectivity index (χ3v) is 7.51. The summed E-state index contributed by atoms with van der Waals surface area (Å²) in [6.07, 6.45) is 7.64. The van der Waals surface area contributed by atoms with Gasteiger partial charge in [0.05, 0.1) is 15.7 Å². The number of hydrogen-bond acceptors (Lipinski definition) is 5. The molecule has 2 amide bonds. The van der Waals surface area contributed by atoms with Crippen molar-refractivity contribution < 1.29 is 9.59 Å². The third-order valence-electron chi connectivity index (χ3n) is 7.51. The number of carbonyl (C=O) groups excluding carboxylic acids is 2. The zero-order chi connectivity index (χ0) is 23.1. The van der Waals surface area contributed by atoms with Crippen LogP contribution in [0.15, 0.2) is 17.1 Å². The van der Waals surface area contributed by atoms with Gasteiger partial charge >= 0.3 is 0 Å². The van der Waals surface area contributed by atoms with Crippen LogP contribution in [0.5, 0.6) is 0 Å². The highest BCUT2D eigenvalue weighted by atomic mass is 16.2. The van der Waals surface area contributed by atoms with E-state index in [0.29, 0.717) is 46.7 Å². The van der Waals surface area contributed by atoms with Crippen LogP contribution in [-0.2, 0) is 15.7 Å². The molecule has 4 heterocycles. The molecule has 0 bridgehead atoms. The van der Waals surface area contributed by atoms with E-state index >= 15 is 0 Å². The summed E-state index contributed by atoms with van der Waals surface area (Å²) in [6, 6.07) is 1.65. The van der Waals surface area contributed by atoms with Gasteiger partial charge < -0.3 is 16.0 Å². The summed E-state index contributed by atoms with van der Waals surface area (Å²) in [7, 11) is 13.2. The van der Waals surface area contributed by atoms with E-state index in [-0.39, 0.29) is 29.0 Å². The minimum absolute atomic E-state index is 0.0335. The highest BCUT2D eigenvalue weighted by Gasteiger charge is 2.48. The molecular formula is C23H23B2N5O3. The molecule has 0 saturated heterocycles. The molecule has 0 atom stereocenters. The SMILES string of the molecule is [B]C1([B])c2cnc(NC(=O)C3CC3)cc2Nc2c1c(C)c1n(c2=O)C2(CCCCC2)NC1=O. The first-order valence-corrected chi connectivity index (χ1v) is 11.5. The Balaban J connectivity index is 1.50. The molecule has 8 nitrogen and oxygen atoms in total. The summed E-state index contributed by atoms with van der Waals surface area (Å²) in [5.74, 6) is 0.0670. The first kappa shape index (κ1) is 20.6. The monoisotopic (exact) mass is 439 g/mol. The molecule has 2 fully saturated rings. The number of fused-ring (bicyclic) bond motifs is 4. The topological polar surface area (TPSA) is 105 Å². The first-order chi connectivity index (χ1) is 15.7. The summed E-state index contributed by atoms with van der Waals surface area (Å²) >= 11 is 0. The number of nitrogens with zero attached hydrogens (tertiary/aromatic N) is 2. The maximum Gasteiger partial charge on any atom is 0.277 e. The number of hydrogen-bond donors (Lipinski definition) is 3. The standard InChI is InChI=1S/C23H23B2N5O3/c1-11-16-17(21(33)30-18(11)20(32)29-22(30)7-3-2-4-8-22)27-14-9-15(28-19(31)12-5-6-12)26-10-13(14)23(16,24)25/h9-10,12,27H,2-8H2,1H3,(H,29,32)(H,26,28,31). The van der Waals surface area contributed by atoms with Crippen molar-refractivity contribution in [1.82, 2.24) is 14.9 Å². The number of amides is 2. The van der Waals surface area contributed by atoms with Gasteiger partial charge in [-0.05, 0) is 67.4 Å². The summed E-state index contributed by atoms with van der Waals surface area (Å²) in [5.41, 5.74) is 1.53. The first-order valence-electron chi connectivity index (χ1n) is 11.5. The van der Waals surface area contributed by atoms with Crippen LogP contribution >= 0.6 is 0 Å². The number of aromatic nitrogens is 2. The molecule has 2 aliphatic carbocycles. The number of anilines is 3. The minimum Gasteiger partial charge on any atom is -0.350 e. The van der Waals surface area contributed by atoms with E-state index < -0.39 is 10.9 Å². The van der Waals surface area contributed by atoms with Crippen molar-refractivity contribution in [1.29, 1.82) is 0 Å². The lowest BCUT2D eigenvalue weighted by atomic mass is 9.46. The Kier molecular flexibility index (Phi) is 4.20. The molecule has 10 heteroatoms. The van der Waals surface area contributed by atoms with Gasteiger partial charge in [0.1, 0.15) is 22.9 Å². The van der Waals surface area contributed by atoms with Crippen LogP contribution in [0.2, 0.25) is 0 Å². The fraction of sp³-hybridized carbons (Fsp3) is 0.478. The predicted molar refractivity (Wildman–Crippen MR) is 125 cm³/mol. The van der Waals surface area contributed by atoms with Gasteiger partial charge in [0.15, 0.2) is 0 Å². The molecule has 33 heavy (non-hydrogen) atoms. The third kappa shape index (κ3) is 2.85. The zero-order valence-corrected chi connectivity index (χ0v) is 18.5. The van der Waals surface area contributed by atoms with Gasteiger partial charge in [-0.3, -0.25) is 19.0 Å². The van der Waals surface area contributed by atoms with Crippen LogP contribution in [0, 0.1) is 12.8 Å². The second-order valence-electron chi connectivity index (χ2n) is 9.78. The molecule has 4 radical (unpaired) electrons. The van der Waals surface area contributed by atoms with E-state index in [9.17, 15) is 14.4 Å². The fourth-order valence-electron chi connectivity index (χ4n) is 5.72. The van der Waals surface area contributed by atoms with Gasteiger partial charge in [0.2, 0.25) is 5.91 Å². The lowest BCUT2D eigenvalue weighted by Crippen LogP contribution is -2.49. The molecule has 3 N–H and O–H groups in total. The van der Waals surface area contributed by atoms with Crippen molar-refractivity contribution in [2.75, 3.05) is 10.6 Å². The van der Waals surface area contributed by atoms with Crippen molar-refractivity contribution >= 4 is 44.7 Å². The van der Waals surface area contributed by atoms with Crippen molar-refractivity contribution in [3.8, 4) is 0 Å². The summed E-state index contributed by atoms with van der Waals surface area (Å²) in [4.78, 5) is 43.4. The van der Waals surface area contributed by atoms with Gasteiger partial charge in [-0.2, -0.15) is 0 Å². The number of nitrogens with one attached hydrogen (secondary N) is 3. The molecule has 4 aliphatic rings. The van der Waals surface area contributed by atoms with Crippen molar-refractivity contribution in [3.63, 3.8) is 0 Å². The highest BCUT2D eigenvalue weighted by Crippen LogP contribution is 2.46. The van der Waals surface area contributed by atoms with Crippen LogP contribution in [0.4, 0.5) is 17.2 Å². The summed E-state index contributed by atoms with van der Waals surface area (Å²) in [5, 5.41) is 7.57. The van der Waals surface area contributed by atoms with Gasteiger partial charge in [-0.1, -0.05) is 6.42 Å². The average Bonchev–Trinajstić information content (AvgIpc) is 3.57. The lowest BCUT2D eigenvalue weighted by Gasteiger charge is -2.40. The van der Waals surface area contributed by atoms with Crippen molar-refractivity contribution in [2.24, 2.45) is 5.92 Å². The molecule has 1 spiro atoms. The lowest BCUT2D eigenvalue weighted by molar-refractivity contribution is -0.117. The van der Waals surface area contributed by atoms with Crippen LogP contribution in [0.25, 0.3) is 0 Å². The van der Waals surface area contributed by atoms with Gasteiger partial charge in [-0.15, -0.1) is 0 Å². The average molecular weight is 439 g/mol. The largest absolute Gasteiger partial charge is 0.350 e. The predicted octanol–water partition coefficient (Wildman–Crippen LogP) is 1.86. The van der Waals surface area contributed by atoms with Crippen LogP contribution in [-0.4, -0.2) is 37.1 Å². The van der Waals surface area contributed by atoms with Crippen molar-refractivity contribution in [3.05, 3.63) is 45.0 Å². The summed E-state index contributed by atoms with van der Waals surface area (Å²) < 4.78 is 1.62. The minimum atomic E-state index is -1.54. The molecule has 2 saturated carbocycles. The second kappa shape index (κ2) is 6.74. The van der Waals surface area contributed by atoms with E-state index in [1.807, 2.05) is 0 Å². The van der Waals surface area contributed by atoms with Crippen LogP contribution in [0.3, 0.4) is 0 Å². The smallest absolute Gasteiger partial charge is 0.277 e. The highest BCUT2D eigenvalue weighted by molar-refractivity contribution is 6.44. The van der Waals surface area contributed by atoms with Gasteiger partial charge in [0, 0.05) is 23.9 Å². The fourth-order valence-corrected chi connectivity index (χ4v) is 5.72. The normalized spacial score (nSPS) is 21.4. The maximum absolute atomic E-state index is 13.8. The van der Waals surface area contributed by atoms with E-state index in [1.54, 1.807) is 17.6 Å². The summed E-state index contributed by atoms with van der Waals surface area (Å²) in [6.45, 7) is 1.78. The van der Waals surface area contributed by atoms with E-state index in [0.717, 1.165) is 32.1 Å². The van der Waals surface area contributed by atoms with Crippen molar-refractivity contribution in [2.45, 2.75) is 62.7 Å². The number of carbonyl (C=O) groups is 2. The Morgan fingerprint density at radius 1 is 1.21 bits per heavy atom. The number of rotatable bonds is 2. The molecule has 2 aromatic rings. The Hall–Kier alpha value is -3.03. The molecular weight excluding hydrogens is 416 g/mol. The Bertz CT molecular complexity index is 1290. The second-order valence-corrected chi connectivity index (χ2v) is 9.78. The molecule has 2 aromatic heterocycles. The molecule has 164 valence electrons. The van der Waals surface area contributed by atoms with Gasteiger partial charge in [0.25, 0.3) is 11.5 Å². The molecule has 0 aromatic carbocycles. The zero-order valence-electron chi connectivity index (χ0n) is 18.5. The molecule has 2 aliphatic heterocycles.